The van der Waals surface area contributed by atoms with E-state index in [1.807, 2.05) is 0 Å². The molecule has 1 aliphatic rings. The van der Waals surface area contributed by atoms with Crippen LogP contribution in [-0.2, 0) is 0 Å². The summed E-state index contributed by atoms with van der Waals surface area (Å²) in [5, 5.41) is 9.61. The van der Waals surface area contributed by atoms with Gasteiger partial charge in [0.05, 0.1) is 6.10 Å². The molecule has 1 heterocycles. The Bertz CT molecular complexity index is 138. The molecule has 1 N–H and O–H groups in total. The van der Waals surface area contributed by atoms with Crippen LogP contribution in [0.3, 0.4) is 0 Å². The van der Waals surface area contributed by atoms with Crippen molar-refractivity contribution in [3.8, 4) is 0 Å². The van der Waals surface area contributed by atoms with Gasteiger partial charge in [-0.25, -0.2) is 0 Å². The van der Waals surface area contributed by atoms with E-state index in [0.29, 0.717) is 5.92 Å². The zero-order valence-electron chi connectivity index (χ0n) is 8.32. The third kappa shape index (κ3) is 2.73. The van der Waals surface area contributed by atoms with Crippen LogP contribution in [0.4, 0.5) is 0 Å². The molecule has 0 aromatic rings. The predicted octanol–water partition coefficient (Wildman–Crippen LogP) is -0.139. The van der Waals surface area contributed by atoms with Crippen LogP contribution in [0.1, 0.15) is 6.42 Å². The molecule has 0 aliphatic carbocycles. The van der Waals surface area contributed by atoms with Crippen molar-refractivity contribution in [1.29, 1.82) is 0 Å². The van der Waals surface area contributed by atoms with Crippen molar-refractivity contribution in [1.82, 2.24) is 9.80 Å². The molecule has 0 bridgehead atoms. The van der Waals surface area contributed by atoms with Gasteiger partial charge in [0.1, 0.15) is 0 Å². The van der Waals surface area contributed by atoms with E-state index in [0.717, 1.165) is 26.1 Å². The maximum absolute atomic E-state index is 9.61. The van der Waals surface area contributed by atoms with Crippen molar-refractivity contribution in [2.24, 2.45) is 5.92 Å². The summed E-state index contributed by atoms with van der Waals surface area (Å²) in [6.07, 6.45) is 1.01. The van der Waals surface area contributed by atoms with E-state index < -0.39 is 0 Å². The molecule has 0 radical (unpaired) electrons. The lowest BCUT2D eigenvalue weighted by Gasteiger charge is -2.16. The van der Waals surface area contributed by atoms with E-state index in [-0.39, 0.29) is 6.10 Å². The summed E-state index contributed by atoms with van der Waals surface area (Å²) in [5.41, 5.74) is 0. The van der Waals surface area contributed by atoms with Crippen molar-refractivity contribution in [2.45, 2.75) is 12.5 Å². The van der Waals surface area contributed by atoms with Crippen molar-refractivity contribution in [3.05, 3.63) is 0 Å². The molecule has 3 heteroatoms. The number of nitrogens with zero attached hydrogens (tertiary/aromatic N) is 2. The van der Waals surface area contributed by atoms with Gasteiger partial charge < -0.3 is 14.9 Å². The SMILES string of the molecule is CN(C)CCC1CN(C)CC1O. The Kier molecular flexibility index (Phi) is 3.50. The average Bonchev–Trinajstić information content (AvgIpc) is 2.26. The molecule has 1 aliphatic heterocycles. The molecule has 1 saturated heterocycles. The van der Waals surface area contributed by atoms with Crippen LogP contribution in [0.2, 0.25) is 0 Å². The Labute approximate surface area is 75.0 Å². The predicted molar refractivity (Wildman–Crippen MR) is 50.2 cm³/mol. The van der Waals surface area contributed by atoms with Gasteiger partial charge in [0.25, 0.3) is 0 Å². The standard InChI is InChI=1S/C9H20N2O/c1-10(2)5-4-8-6-11(3)7-9(8)12/h8-9,12H,4-7H2,1-3H3. The number of hydrogen-bond donors (Lipinski definition) is 1. The lowest BCUT2D eigenvalue weighted by atomic mass is 10.0. The van der Waals surface area contributed by atoms with E-state index in [9.17, 15) is 5.11 Å². The first-order chi connectivity index (χ1) is 5.59. The van der Waals surface area contributed by atoms with Gasteiger partial charge in [0.2, 0.25) is 0 Å². The van der Waals surface area contributed by atoms with Gasteiger partial charge >= 0.3 is 0 Å². The maximum atomic E-state index is 9.61. The summed E-state index contributed by atoms with van der Waals surface area (Å²) in [7, 11) is 6.22. The van der Waals surface area contributed by atoms with Gasteiger partial charge in [-0.05, 0) is 40.0 Å². The molecule has 0 spiro atoms. The van der Waals surface area contributed by atoms with E-state index in [4.69, 9.17) is 0 Å². The summed E-state index contributed by atoms with van der Waals surface area (Å²) in [6.45, 7) is 2.97. The lowest BCUT2D eigenvalue weighted by Crippen LogP contribution is -2.23. The number of hydrogen-bond acceptors (Lipinski definition) is 3. The molecule has 72 valence electrons. The first-order valence-corrected chi connectivity index (χ1v) is 4.61. The van der Waals surface area contributed by atoms with E-state index in [2.05, 4.69) is 30.9 Å². The van der Waals surface area contributed by atoms with Gasteiger partial charge in [0, 0.05) is 13.1 Å². The fraction of sp³-hybridized carbons (Fsp3) is 1.00. The Morgan fingerprint density at radius 1 is 1.42 bits per heavy atom. The number of likely N-dealkylation sites (tertiary alicyclic amines) is 1. The van der Waals surface area contributed by atoms with Crippen LogP contribution < -0.4 is 0 Å². The van der Waals surface area contributed by atoms with E-state index in [1.165, 1.54) is 0 Å². The smallest absolute Gasteiger partial charge is 0.0707 e. The number of aliphatic hydroxyl groups excluding tert-OH is 1. The molecular formula is C9H20N2O. The minimum absolute atomic E-state index is 0.102. The van der Waals surface area contributed by atoms with Crippen LogP contribution in [0.5, 0.6) is 0 Å². The molecule has 12 heavy (non-hydrogen) atoms. The highest BCUT2D eigenvalue weighted by atomic mass is 16.3. The summed E-state index contributed by atoms with van der Waals surface area (Å²) >= 11 is 0. The number of likely N-dealkylation sites (N-methyl/N-ethyl adjacent to an activating group) is 1. The van der Waals surface area contributed by atoms with Gasteiger partial charge in [-0.15, -0.1) is 0 Å². The molecule has 3 nitrogen and oxygen atoms in total. The summed E-state index contributed by atoms with van der Waals surface area (Å²) in [6, 6.07) is 0. The number of aliphatic hydroxyl groups is 1. The first kappa shape index (κ1) is 9.96. The van der Waals surface area contributed by atoms with Crippen LogP contribution in [0.25, 0.3) is 0 Å². The maximum Gasteiger partial charge on any atom is 0.0707 e. The summed E-state index contributed by atoms with van der Waals surface area (Å²) in [5.74, 6) is 0.484. The van der Waals surface area contributed by atoms with E-state index in [1.54, 1.807) is 0 Å². The normalized spacial score (nSPS) is 31.8. The van der Waals surface area contributed by atoms with Gasteiger partial charge in [-0.1, -0.05) is 0 Å². The third-order valence-electron chi connectivity index (χ3n) is 2.54. The summed E-state index contributed by atoms with van der Waals surface area (Å²) < 4.78 is 0. The van der Waals surface area contributed by atoms with Crippen molar-refractivity contribution in [3.63, 3.8) is 0 Å². The second kappa shape index (κ2) is 4.21. The highest BCUT2D eigenvalue weighted by Crippen LogP contribution is 2.18. The van der Waals surface area contributed by atoms with Gasteiger partial charge in [-0.3, -0.25) is 0 Å². The molecule has 2 unspecified atom stereocenters. The minimum Gasteiger partial charge on any atom is -0.391 e. The second-order valence-corrected chi connectivity index (χ2v) is 4.14. The van der Waals surface area contributed by atoms with Gasteiger partial charge in [0.15, 0.2) is 0 Å². The van der Waals surface area contributed by atoms with Crippen molar-refractivity contribution >= 4 is 0 Å². The molecule has 0 aromatic heterocycles. The highest BCUT2D eigenvalue weighted by Gasteiger charge is 2.28. The van der Waals surface area contributed by atoms with Crippen molar-refractivity contribution in [2.75, 3.05) is 40.8 Å². The zero-order valence-corrected chi connectivity index (χ0v) is 8.32. The van der Waals surface area contributed by atoms with Gasteiger partial charge in [-0.2, -0.15) is 0 Å². The topological polar surface area (TPSA) is 26.7 Å². The molecule has 1 fully saturated rings. The summed E-state index contributed by atoms with van der Waals surface area (Å²) in [4.78, 5) is 4.37. The van der Waals surface area contributed by atoms with Crippen LogP contribution in [-0.4, -0.2) is 61.8 Å². The Balaban J connectivity index is 2.23. The Morgan fingerprint density at radius 2 is 2.08 bits per heavy atom. The third-order valence-corrected chi connectivity index (χ3v) is 2.54. The highest BCUT2D eigenvalue weighted by molar-refractivity contribution is 4.81. The average molecular weight is 172 g/mol. The second-order valence-electron chi connectivity index (χ2n) is 4.14. The van der Waals surface area contributed by atoms with Crippen LogP contribution in [0, 0.1) is 5.92 Å². The quantitative estimate of drug-likeness (QED) is 0.642. The van der Waals surface area contributed by atoms with Crippen molar-refractivity contribution < 1.29 is 5.11 Å². The van der Waals surface area contributed by atoms with Crippen LogP contribution in [0.15, 0.2) is 0 Å². The fourth-order valence-electron chi connectivity index (χ4n) is 1.77. The Morgan fingerprint density at radius 3 is 2.50 bits per heavy atom. The number of β-amino-alcohol motifs (C(OH)–C–C–N with tert-alkyl or cyclic N) is 1. The van der Waals surface area contributed by atoms with E-state index >= 15 is 0 Å². The first-order valence-electron chi connectivity index (χ1n) is 4.61. The molecule has 0 saturated carbocycles. The monoisotopic (exact) mass is 172 g/mol. The molecular weight excluding hydrogens is 152 g/mol. The fourth-order valence-corrected chi connectivity index (χ4v) is 1.77. The largest absolute Gasteiger partial charge is 0.391 e. The van der Waals surface area contributed by atoms with Crippen LogP contribution >= 0.6 is 0 Å². The lowest BCUT2D eigenvalue weighted by molar-refractivity contribution is 0.134. The number of rotatable bonds is 3. The minimum atomic E-state index is -0.102. The molecule has 0 aromatic carbocycles. The molecule has 0 amide bonds. The zero-order chi connectivity index (χ0) is 9.14. The Hall–Kier alpha value is -0.120. The molecule has 1 rings (SSSR count). The molecule has 2 atom stereocenters.